The number of benzene rings is 1. The highest BCUT2D eigenvalue weighted by molar-refractivity contribution is 5.91. The largest absolute Gasteiger partial charge is 0.497 e. The van der Waals surface area contributed by atoms with E-state index in [0.29, 0.717) is 25.9 Å². The molecule has 0 radical (unpaired) electrons. The van der Waals surface area contributed by atoms with Gasteiger partial charge in [-0.05, 0) is 31.1 Å². The standard InChI is InChI=1S/C18H25N3O3.CH2O2/c1-5-16(22)21-11-9-18(10-12-21,17(23)20(2)3)19-14-7-6-8-15(13-14)24-4;2-1-3/h5-8,13,19H,1,9-12H2,2-4H3;1H,(H,2,3). The monoisotopic (exact) mass is 377 g/mol. The van der Waals surface area contributed by atoms with E-state index in [1.807, 2.05) is 24.3 Å². The Hall–Kier alpha value is -3.03. The fraction of sp³-hybridized carbons (Fsp3) is 0.421. The predicted molar refractivity (Wildman–Crippen MR) is 103 cm³/mol. The SMILES string of the molecule is C=CC(=O)N1CCC(Nc2cccc(OC)c2)(C(=O)N(C)C)CC1.O=CO. The first kappa shape index (κ1) is 22.0. The lowest BCUT2D eigenvalue weighted by molar-refractivity contribution is -0.137. The van der Waals surface area contributed by atoms with Crippen molar-refractivity contribution >= 4 is 24.0 Å². The van der Waals surface area contributed by atoms with Crippen LogP contribution in [-0.4, -0.2) is 73.0 Å². The molecule has 1 aliphatic heterocycles. The van der Waals surface area contributed by atoms with Gasteiger partial charge in [0.2, 0.25) is 11.8 Å². The number of nitrogens with one attached hydrogen (secondary N) is 1. The quantitative estimate of drug-likeness (QED) is 0.595. The summed E-state index contributed by atoms with van der Waals surface area (Å²) in [7, 11) is 5.11. The van der Waals surface area contributed by atoms with Crippen LogP contribution in [0.15, 0.2) is 36.9 Å². The molecule has 2 N–H and O–H groups in total. The second-order valence-corrected chi connectivity index (χ2v) is 6.27. The zero-order valence-corrected chi connectivity index (χ0v) is 16.0. The Morgan fingerprint density at radius 2 is 1.93 bits per heavy atom. The van der Waals surface area contributed by atoms with E-state index in [9.17, 15) is 9.59 Å². The van der Waals surface area contributed by atoms with Crippen molar-refractivity contribution in [3.63, 3.8) is 0 Å². The molecule has 0 saturated carbocycles. The summed E-state index contributed by atoms with van der Waals surface area (Å²) in [6.07, 6.45) is 2.40. The molecular formula is C19H27N3O5. The third kappa shape index (κ3) is 5.73. The number of hydrogen-bond acceptors (Lipinski definition) is 5. The van der Waals surface area contributed by atoms with Crippen molar-refractivity contribution in [2.24, 2.45) is 0 Å². The summed E-state index contributed by atoms with van der Waals surface area (Å²) >= 11 is 0. The summed E-state index contributed by atoms with van der Waals surface area (Å²) in [5, 5.41) is 10.3. The van der Waals surface area contributed by atoms with Gasteiger partial charge >= 0.3 is 0 Å². The van der Waals surface area contributed by atoms with Crippen LogP contribution in [0.2, 0.25) is 0 Å². The van der Waals surface area contributed by atoms with E-state index in [-0.39, 0.29) is 18.3 Å². The number of amides is 2. The van der Waals surface area contributed by atoms with Gasteiger partial charge in [0.1, 0.15) is 11.3 Å². The number of carbonyl (C=O) groups is 3. The fourth-order valence-corrected chi connectivity index (χ4v) is 3.04. The Kier molecular flexibility index (Phi) is 8.32. The van der Waals surface area contributed by atoms with Crippen molar-refractivity contribution in [1.29, 1.82) is 0 Å². The van der Waals surface area contributed by atoms with Crippen LogP contribution in [0.25, 0.3) is 0 Å². The summed E-state index contributed by atoms with van der Waals surface area (Å²) in [6.45, 7) is 4.31. The van der Waals surface area contributed by atoms with E-state index in [1.165, 1.54) is 6.08 Å². The molecule has 1 saturated heterocycles. The van der Waals surface area contributed by atoms with Crippen LogP contribution in [0.4, 0.5) is 5.69 Å². The highest BCUT2D eigenvalue weighted by atomic mass is 16.5. The minimum Gasteiger partial charge on any atom is -0.497 e. The van der Waals surface area contributed by atoms with Gasteiger partial charge in [-0.3, -0.25) is 14.4 Å². The molecule has 1 aromatic rings. The lowest BCUT2D eigenvalue weighted by Gasteiger charge is -2.42. The van der Waals surface area contributed by atoms with Crippen molar-refractivity contribution < 1.29 is 24.2 Å². The van der Waals surface area contributed by atoms with Crippen LogP contribution >= 0.6 is 0 Å². The summed E-state index contributed by atoms with van der Waals surface area (Å²) in [6, 6.07) is 7.52. The van der Waals surface area contributed by atoms with E-state index >= 15 is 0 Å². The van der Waals surface area contributed by atoms with E-state index < -0.39 is 5.54 Å². The number of hydrogen-bond donors (Lipinski definition) is 2. The van der Waals surface area contributed by atoms with Gasteiger partial charge < -0.3 is 25.0 Å². The maximum Gasteiger partial charge on any atom is 0.290 e. The van der Waals surface area contributed by atoms with Gasteiger partial charge in [0.05, 0.1) is 7.11 Å². The Balaban J connectivity index is 0.00000114. The number of methoxy groups -OCH3 is 1. The average Bonchev–Trinajstić information content (AvgIpc) is 2.68. The number of rotatable bonds is 5. The maximum absolute atomic E-state index is 12.8. The van der Waals surface area contributed by atoms with E-state index in [2.05, 4.69) is 11.9 Å². The first-order valence-electron chi connectivity index (χ1n) is 8.46. The maximum atomic E-state index is 12.8. The van der Waals surface area contributed by atoms with Crippen molar-refractivity contribution in [3.05, 3.63) is 36.9 Å². The lowest BCUT2D eigenvalue weighted by atomic mass is 9.85. The molecule has 0 atom stereocenters. The van der Waals surface area contributed by atoms with Gasteiger partial charge in [-0.15, -0.1) is 0 Å². The number of piperidine rings is 1. The van der Waals surface area contributed by atoms with Gasteiger partial charge in [-0.2, -0.15) is 0 Å². The fourth-order valence-electron chi connectivity index (χ4n) is 3.04. The highest BCUT2D eigenvalue weighted by Crippen LogP contribution is 2.30. The Morgan fingerprint density at radius 3 is 2.41 bits per heavy atom. The van der Waals surface area contributed by atoms with Crippen LogP contribution in [-0.2, 0) is 14.4 Å². The number of likely N-dealkylation sites (tertiary alicyclic amines) is 1. The molecule has 1 aromatic carbocycles. The van der Waals surface area contributed by atoms with Crippen molar-refractivity contribution in [1.82, 2.24) is 9.80 Å². The number of nitrogens with zero attached hydrogens (tertiary/aromatic N) is 2. The molecule has 0 spiro atoms. The molecule has 1 fully saturated rings. The van der Waals surface area contributed by atoms with E-state index in [0.717, 1.165) is 11.4 Å². The molecule has 0 unspecified atom stereocenters. The molecule has 27 heavy (non-hydrogen) atoms. The summed E-state index contributed by atoms with van der Waals surface area (Å²) in [5.41, 5.74) is 0.0985. The van der Waals surface area contributed by atoms with Crippen molar-refractivity contribution in [3.8, 4) is 5.75 Å². The Labute approximate surface area is 159 Å². The molecule has 0 aromatic heterocycles. The van der Waals surface area contributed by atoms with Gasteiger partial charge in [-0.25, -0.2) is 0 Å². The second kappa shape index (κ2) is 10.2. The Bertz CT molecular complexity index is 667. The first-order chi connectivity index (χ1) is 12.8. The highest BCUT2D eigenvalue weighted by Gasteiger charge is 2.43. The molecule has 2 amide bonds. The predicted octanol–water partition coefficient (Wildman–Crippen LogP) is 1.44. The molecule has 2 rings (SSSR count). The molecule has 148 valence electrons. The second-order valence-electron chi connectivity index (χ2n) is 6.27. The number of carbonyl (C=O) groups excluding carboxylic acids is 2. The molecule has 1 heterocycles. The Morgan fingerprint density at radius 1 is 1.33 bits per heavy atom. The van der Waals surface area contributed by atoms with Crippen LogP contribution in [0, 0.1) is 0 Å². The van der Waals surface area contributed by atoms with E-state index in [1.54, 1.807) is 31.0 Å². The normalized spacial score (nSPS) is 14.9. The van der Waals surface area contributed by atoms with Crippen LogP contribution in [0.3, 0.4) is 0 Å². The summed E-state index contributed by atoms with van der Waals surface area (Å²) < 4.78 is 5.25. The van der Waals surface area contributed by atoms with Gasteiger partial charge in [-0.1, -0.05) is 12.6 Å². The summed E-state index contributed by atoms with van der Waals surface area (Å²) in [5.74, 6) is 0.644. The minimum atomic E-state index is -0.728. The lowest BCUT2D eigenvalue weighted by Crippen LogP contribution is -2.58. The van der Waals surface area contributed by atoms with Crippen LogP contribution in [0.1, 0.15) is 12.8 Å². The third-order valence-corrected chi connectivity index (χ3v) is 4.37. The smallest absolute Gasteiger partial charge is 0.290 e. The first-order valence-corrected chi connectivity index (χ1v) is 8.46. The average molecular weight is 377 g/mol. The number of carboxylic acid groups (broad SMARTS) is 1. The number of likely N-dealkylation sites (N-methyl/N-ethyl adjacent to an activating group) is 1. The summed E-state index contributed by atoms with van der Waals surface area (Å²) in [4.78, 5) is 36.3. The van der Waals surface area contributed by atoms with Gasteiger partial charge in [0.25, 0.3) is 6.47 Å². The zero-order valence-electron chi connectivity index (χ0n) is 16.0. The van der Waals surface area contributed by atoms with Crippen molar-refractivity contribution in [2.75, 3.05) is 39.6 Å². The van der Waals surface area contributed by atoms with Gasteiger partial charge in [0, 0.05) is 38.9 Å². The molecular weight excluding hydrogens is 350 g/mol. The number of anilines is 1. The third-order valence-electron chi connectivity index (χ3n) is 4.37. The minimum absolute atomic E-state index is 0.0102. The van der Waals surface area contributed by atoms with Crippen LogP contribution < -0.4 is 10.1 Å². The van der Waals surface area contributed by atoms with Gasteiger partial charge in [0.15, 0.2) is 0 Å². The number of ether oxygens (including phenoxy) is 1. The molecule has 8 heteroatoms. The molecule has 1 aliphatic rings. The zero-order chi connectivity index (χ0) is 20.4. The van der Waals surface area contributed by atoms with Crippen LogP contribution in [0.5, 0.6) is 5.75 Å². The van der Waals surface area contributed by atoms with E-state index in [4.69, 9.17) is 14.6 Å². The topological polar surface area (TPSA) is 99.2 Å². The molecule has 8 nitrogen and oxygen atoms in total. The molecule has 0 bridgehead atoms. The van der Waals surface area contributed by atoms with Crippen molar-refractivity contribution in [2.45, 2.75) is 18.4 Å². The molecule has 0 aliphatic carbocycles.